The number of aromatic nitrogens is 1. The lowest BCUT2D eigenvalue weighted by Crippen LogP contribution is -2.42. The number of hydrogen-bond donors (Lipinski definition) is 2. The van der Waals surface area contributed by atoms with E-state index in [2.05, 4.69) is 10.3 Å². The zero-order valence-corrected chi connectivity index (χ0v) is 12.3. The fraction of sp³-hybridized carbons (Fsp3) is 0.571. The first kappa shape index (κ1) is 15.1. The van der Waals surface area contributed by atoms with Crippen molar-refractivity contribution in [3.63, 3.8) is 0 Å². The molecule has 1 fully saturated rings. The summed E-state index contributed by atoms with van der Waals surface area (Å²) in [4.78, 5) is 17.8. The molecule has 110 valence electrons. The molecule has 5 nitrogen and oxygen atoms in total. The minimum atomic E-state index is -0.139. The lowest BCUT2D eigenvalue weighted by molar-refractivity contribution is 0.139. The number of aliphatic hydroxyl groups is 1. The molecule has 1 aromatic rings. The second-order valence-corrected chi connectivity index (χ2v) is 5.65. The number of hydrogen-bond acceptors (Lipinski definition) is 3. The van der Waals surface area contributed by atoms with E-state index in [9.17, 15) is 4.79 Å². The maximum Gasteiger partial charge on any atom is 0.321 e. The maximum atomic E-state index is 12.2. The lowest BCUT2D eigenvalue weighted by Gasteiger charge is -2.34. The first-order valence-electron chi connectivity index (χ1n) is 6.86. The zero-order chi connectivity index (χ0) is 14.5. The van der Waals surface area contributed by atoms with Crippen molar-refractivity contribution in [2.24, 2.45) is 5.92 Å². The average Bonchev–Trinajstić information content (AvgIpc) is 2.46. The third-order valence-corrected chi connectivity index (χ3v) is 4.13. The molecule has 0 atom stereocenters. The van der Waals surface area contributed by atoms with Gasteiger partial charge >= 0.3 is 6.03 Å². The van der Waals surface area contributed by atoms with Crippen molar-refractivity contribution in [1.29, 1.82) is 0 Å². The van der Waals surface area contributed by atoms with E-state index in [-0.39, 0.29) is 18.7 Å². The minimum absolute atomic E-state index is 0.139. The lowest BCUT2D eigenvalue weighted by atomic mass is 9.86. The molecular formula is C14H20ClN3O2. The number of anilines is 1. The molecule has 2 rings (SSSR count). The van der Waals surface area contributed by atoms with Crippen LogP contribution in [0.5, 0.6) is 0 Å². The van der Waals surface area contributed by atoms with Gasteiger partial charge in [-0.05, 0) is 43.7 Å². The molecule has 0 saturated heterocycles. The van der Waals surface area contributed by atoms with Gasteiger partial charge in [-0.25, -0.2) is 9.78 Å². The molecule has 0 aliphatic heterocycles. The van der Waals surface area contributed by atoms with E-state index in [1.807, 2.05) is 7.05 Å². The van der Waals surface area contributed by atoms with Gasteiger partial charge in [-0.1, -0.05) is 11.6 Å². The Labute approximate surface area is 123 Å². The topological polar surface area (TPSA) is 65.5 Å². The number of urea groups is 1. The Kier molecular flexibility index (Phi) is 5.20. The van der Waals surface area contributed by atoms with Gasteiger partial charge in [-0.15, -0.1) is 0 Å². The molecule has 2 amide bonds. The maximum absolute atomic E-state index is 12.2. The molecule has 1 saturated carbocycles. The normalized spacial score (nSPS) is 22.4. The van der Waals surface area contributed by atoms with Crippen LogP contribution in [0.25, 0.3) is 0 Å². The third kappa shape index (κ3) is 3.84. The van der Waals surface area contributed by atoms with Gasteiger partial charge in [0.25, 0.3) is 0 Å². The SMILES string of the molecule is CN(C(=O)Nc1ccnc(Cl)c1)C1CCC(CO)CC1. The van der Waals surface area contributed by atoms with Gasteiger partial charge in [-0.2, -0.15) is 0 Å². The second kappa shape index (κ2) is 6.90. The van der Waals surface area contributed by atoms with Crippen molar-refractivity contribution < 1.29 is 9.90 Å². The number of carbonyl (C=O) groups excluding carboxylic acids is 1. The molecule has 0 spiro atoms. The Morgan fingerprint density at radius 1 is 1.50 bits per heavy atom. The van der Waals surface area contributed by atoms with E-state index in [1.54, 1.807) is 23.2 Å². The summed E-state index contributed by atoms with van der Waals surface area (Å²) in [6.07, 6.45) is 5.38. The molecule has 0 radical (unpaired) electrons. The van der Waals surface area contributed by atoms with Crippen LogP contribution >= 0.6 is 11.6 Å². The van der Waals surface area contributed by atoms with Crippen LogP contribution in [0.1, 0.15) is 25.7 Å². The molecular weight excluding hydrogens is 278 g/mol. The van der Waals surface area contributed by atoms with Crippen molar-refractivity contribution >= 4 is 23.3 Å². The number of amides is 2. The van der Waals surface area contributed by atoms with Gasteiger partial charge in [0, 0.05) is 31.6 Å². The summed E-state index contributed by atoms with van der Waals surface area (Å²) >= 11 is 5.79. The van der Waals surface area contributed by atoms with Crippen LogP contribution < -0.4 is 5.32 Å². The highest BCUT2D eigenvalue weighted by atomic mass is 35.5. The smallest absolute Gasteiger partial charge is 0.321 e. The predicted molar refractivity (Wildman–Crippen MR) is 78.9 cm³/mol. The van der Waals surface area contributed by atoms with E-state index in [0.29, 0.717) is 16.8 Å². The molecule has 0 aromatic carbocycles. The Balaban J connectivity index is 1.89. The van der Waals surface area contributed by atoms with Crippen LogP contribution in [0.3, 0.4) is 0 Å². The number of aliphatic hydroxyl groups excluding tert-OH is 1. The first-order valence-corrected chi connectivity index (χ1v) is 7.24. The monoisotopic (exact) mass is 297 g/mol. The highest BCUT2D eigenvalue weighted by molar-refractivity contribution is 6.29. The molecule has 1 aliphatic rings. The molecule has 1 aromatic heterocycles. The van der Waals surface area contributed by atoms with Crippen LogP contribution in [0.15, 0.2) is 18.3 Å². The Bertz CT molecular complexity index is 461. The summed E-state index contributed by atoms with van der Waals surface area (Å²) < 4.78 is 0. The molecule has 0 unspecified atom stereocenters. The third-order valence-electron chi connectivity index (χ3n) is 3.92. The van der Waals surface area contributed by atoms with Gasteiger partial charge in [-0.3, -0.25) is 0 Å². The number of pyridine rings is 1. The summed E-state index contributed by atoms with van der Waals surface area (Å²) in [5.41, 5.74) is 0.644. The summed E-state index contributed by atoms with van der Waals surface area (Å²) in [5, 5.41) is 12.3. The van der Waals surface area contributed by atoms with Crippen LogP contribution in [0.4, 0.5) is 10.5 Å². The van der Waals surface area contributed by atoms with E-state index in [0.717, 1.165) is 25.7 Å². The predicted octanol–water partition coefficient (Wildman–Crippen LogP) is 2.75. The quantitative estimate of drug-likeness (QED) is 0.843. The van der Waals surface area contributed by atoms with E-state index >= 15 is 0 Å². The Hall–Kier alpha value is -1.33. The first-order chi connectivity index (χ1) is 9.60. The molecule has 6 heteroatoms. The number of carbonyl (C=O) groups is 1. The number of nitrogens with one attached hydrogen (secondary N) is 1. The Morgan fingerprint density at radius 2 is 2.20 bits per heavy atom. The van der Waals surface area contributed by atoms with Crippen molar-refractivity contribution in [2.75, 3.05) is 19.0 Å². The van der Waals surface area contributed by atoms with Gasteiger partial charge in [0.05, 0.1) is 0 Å². The zero-order valence-electron chi connectivity index (χ0n) is 11.6. The summed E-state index contributed by atoms with van der Waals surface area (Å²) in [6.45, 7) is 0.248. The van der Waals surface area contributed by atoms with Gasteiger partial charge in [0.1, 0.15) is 5.15 Å². The molecule has 20 heavy (non-hydrogen) atoms. The average molecular weight is 298 g/mol. The van der Waals surface area contributed by atoms with Gasteiger partial charge < -0.3 is 15.3 Å². The molecule has 0 bridgehead atoms. The Morgan fingerprint density at radius 3 is 2.80 bits per heavy atom. The van der Waals surface area contributed by atoms with Crippen molar-refractivity contribution in [3.05, 3.63) is 23.5 Å². The highest BCUT2D eigenvalue weighted by Crippen LogP contribution is 2.27. The molecule has 1 aliphatic carbocycles. The number of rotatable bonds is 3. The largest absolute Gasteiger partial charge is 0.396 e. The van der Waals surface area contributed by atoms with Crippen LogP contribution in [0.2, 0.25) is 5.15 Å². The van der Waals surface area contributed by atoms with Gasteiger partial charge in [0.2, 0.25) is 0 Å². The molecule has 1 heterocycles. The highest BCUT2D eigenvalue weighted by Gasteiger charge is 2.26. The summed E-state index contributed by atoms with van der Waals surface area (Å²) in [5.74, 6) is 0.390. The summed E-state index contributed by atoms with van der Waals surface area (Å²) in [6, 6.07) is 3.42. The standard InChI is InChI=1S/C14H20ClN3O2/c1-18(12-4-2-10(9-19)3-5-12)14(20)17-11-6-7-16-13(15)8-11/h6-8,10,12,19H,2-5,9H2,1H3,(H,16,17,20). The van der Waals surface area contributed by atoms with E-state index < -0.39 is 0 Å². The van der Waals surface area contributed by atoms with Crippen LogP contribution in [-0.2, 0) is 0 Å². The summed E-state index contributed by atoms with van der Waals surface area (Å²) in [7, 11) is 1.81. The van der Waals surface area contributed by atoms with Crippen molar-refractivity contribution in [3.8, 4) is 0 Å². The van der Waals surface area contributed by atoms with Crippen molar-refractivity contribution in [1.82, 2.24) is 9.88 Å². The fourth-order valence-corrected chi connectivity index (χ4v) is 2.75. The number of nitrogens with zero attached hydrogens (tertiary/aromatic N) is 2. The second-order valence-electron chi connectivity index (χ2n) is 5.27. The van der Waals surface area contributed by atoms with Crippen molar-refractivity contribution in [2.45, 2.75) is 31.7 Å². The fourth-order valence-electron chi connectivity index (χ4n) is 2.57. The minimum Gasteiger partial charge on any atom is -0.396 e. The van der Waals surface area contributed by atoms with Crippen LogP contribution in [-0.4, -0.2) is 40.7 Å². The molecule has 2 N–H and O–H groups in total. The van der Waals surface area contributed by atoms with Gasteiger partial charge in [0.15, 0.2) is 0 Å². The van der Waals surface area contributed by atoms with Crippen LogP contribution in [0, 0.1) is 5.92 Å². The number of halogens is 1. The van der Waals surface area contributed by atoms with E-state index in [4.69, 9.17) is 16.7 Å². The van der Waals surface area contributed by atoms with E-state index in [1.165, 1.54) is 0 Å².